The second-order valence-corrected chi connectivity index (χ2v) is 5.53. The van der Waals surface area contributed by atoms with Crippen LogP contribution in [-0.2, 0) is 4.79 Å². The van der Waals surface area contributed by atoms with Gasteiger partial charge in [0.15, 0.2) is 0 Å². The molecular weight excluding hydrogens is 314 g/mol. The Hall–Kier alpha value is -3.47. The van der Waals surface area contributed by atoms with Crippen LogP contribution >= 0.6 is 0 Å². The smallest absolute Gasteiger partial charge is 0.271 e. The van der Waals surface area contributed by atoms with Crippen molar-refractivity contribution in [2.45, 2.75) is 6.92 Å². The molecule has 0 aromatic heterocycles. The normalized spacial score (nSPS) is 10.8. The van der Waals surface area contributed by atoms with Crippen molar-refractivity contribution in [1.82, 2.24) is 5.43 Å². The summed E-state index contributed by atoms with van der Waals surface area (Å²) in [6.45, 7) is 1.43. The Morgan fingerprint density at radius 3 is 2.40 bits per heavy atom. The fourth-order valence-corrected chi connectivity index (χ4v) is 2.50. The molecule has 0 aliphatic carbocycles. The zero-order valence-electron chi connectivity index (χ0n) is 13.7. The van der Waals surface area contributed by atoms with Gasteiger partial charge in [0.2, 0.25) is 5.91 Å². The summed E-state index contributed by atoms with van der Waals surface area (Å²) in [7, 11) is 0. The number of hydrogen-bond donors (Lipinski definition) is 2. The van der Waals surface area contributed by atoms with Crippen molar-refractivity contribution in [3.05, 3.63) is 77.9 Å². The maximum absolute atomic E-state index is 12.1. The number of benzene rings is 3. The summed E-state index contributed by atoms with van der Waals surface area (Å²) in [4.78, 5) is 23.1. The first-order valence-electron chi connectivity index (χ1n) is 7.82. The van der Waals surface area contributed by atoms with Crippen molar-refractivity contribution in [2.75, 3.05) is 5.32 Å². The van der Waals surface area contributed by atoms with Gasteiger partial charge in [0.1, 0.15) is 0 Å². The van der Waals surface area contributed by atoms with Crippen LogP contribution in [0.15, 0.2) is 71.8 Å². The Balaban J connectivity index is 1.69. The van der Waals surface area contributed by atoms with E-state index in [4.69, 9.17) is 0 Å². The van der Waals surface area contributed by atoms with Gasteiger partial charge in [0.25, 0.3) is 5.91 Å². The monoisotopic (exact) mass is 331 g/mol. The molecule has 2 N–H and O–H groups in total. The second kappa shape index (κ2) is 7.40. The van der Waals surface area contributed by atoms with E-state index in [0.717, 1.165) is 16.3 Å². The topological polar surface area (TPSA) is 70.6 Å². The number of rotatable bonds is 4. The highest BCUT2D eigenvalue weighted by molar-refractivity contribution is 6.01. The molecule has 0 saturated heterocycles. The van der Waals surface area contributed by atoms with Gasteiger partial charge in [-0.1, -0.05) is 42.5 Å². The number of carbonyl (C=O) groups is 2. The van der Waals surface area contributed by atoms with Crippen LogP contribution in [0, 0.1) is 0 Å². The number of hydrogen-bond acceptors (Lipinski definition) is 3. The first-order chi connectivity index (χ1) is 12.1. The molecule has 3 rings (SSSR count). The van der Waals surface area contributed by atoms with Gasteiger partial charge in [0, 0.05) is 23.7 Å². The van der Waals surface area contributed by atoms with Gasteiger partial charge in [-0.25, -0.2) is 5.43 Å². The van der Waals surface area contributed by atoms with Crippen molar-refractivity contribution in [1.29, 1.82) is 0 Å². The fraction of sp³-hybridized carbons (Fsp3) is 0.0500. The maximum Gasteiger partial charge on any atom is 0.271 e. The van der Waals surface area contributed by atoms with Crippen LogP contribution in [0.2, 0.25) is 0 Å². The average molecular weight is 331 g/mol. The summed E-state index contributed by atoms with van der Waals surface area (Å²) in [5, 5.41) is 8.89. The number of nitrogens with zero attached hydrogens (tertiary/aromatic N) is 1. The molecule has 0 atom stereocenters. The molecular formula is C20H17N3O2. The molecule has 0 radical (unpaired) electrons. The van der Waals surface area contributed by atoms with Gasteiger partial charge < -0.3 is 5.32 Å². The summed E-state index contributed by atoms with van der Waals surface area (Å²) in [5.74, 6) is -0.470. The van der Waals surface area contributed by atoms with E-state index in [9.17, 15) is 9.59 Å². The van der Waals surface area contributed by atoms with Gasteiger partial charge in [-0.2, -0.15) is 5.10 Å². The average Bonchev–Trinajstić information content (AvgIpc) is 2.62. The summed E-state index contributed by atoms with van der Waals surface area (Å²) in [6, 6.07) is 20.5. The van der Waals surface area contributed by atoms with Crippen LogP contribution in [0.5, 0.6) is 0 Å². The molecule has 3 aromatic rings. The highest BCUT2D eigenvalue weighted by atomic mass is 16.2. The first-order valence-corrected chi connectivity index (χ1v) is 7.82. The van der Waals surface area contributed by atoms with Gasteiger partial charge >= 0.3 is 0 Å². The quantitative estimate of drug-likeness (QED) is 0.567. The summed E-state index contributed by atoms with van der Waals surface area (Å²) < 4.78 is 0. The first kappa shape index (κ1) is 16.4. The van der Waals surface area contributed by atoms with E-state index in [2.05, 4.69) is 15.8 Å². The van der Waals surface area contributed by atoms with Crippen LogP contribution in [-0.4, -0.2) is 18.0 Å². The molecule has 3 aromatic carbocycles. The molecule has 0 spiro atoms. The Bertz CT molecular complexity index is 941. The molecule has 5 nitrogen and oxygen atoms in total. The Morgan fingerprint density at radius 2 is 1.64 bits per heavy atom. The lowest BCUT2D eigenvalue weighted by atomic mass is 10.1. The molecule has 0 saturated carbocycles. The van der Waals surface area contributed by atoms with E-state index < -0.39 is 0 Å². The summed E-state index contributed by atoms with van der Waals surface area (Å²) >= 11 is 0. The zero-order valence-corrected chi connectivity index (χ0v) is 13.7. The van der Waals surface area contributed by atoms with Crippen LogP contribution in [0.3, 0.4) is 0 Å². The minimum Gasteiger partial charge on any atom is -0.326 e. The summed E-state index contributed by atoms with van der Waals surface area (Å²) in [5.41, 5.74) is 4.55. The molecule has 124 valence electrons. The summed E-state index contributed by atoms with van der Waals surface area (Å²) in [6.07, 6.45) is 1.63. The molecule has 25 heavy (non-hydrogen) atoms. The second-order valence-electron chi connectivity index (χ2n) is 5.53. The van der Waals surface area contributed by atoms with Crippen LogP contribution in [0.25, 0.3) is 10.8 Å². The lowest BCUT2D eigenvalue weighted by Gasteiger charge is -2.04. The van der Waals surface area contributed by atoms with Crippen LogP contribution < -0.4 is 10.7 Å². The van der Waals surface area contributed by atoms with Gasteiger partial charge in [-0.15, -0.1) is 0 Å². The molecule has 0 unspecified atom stereocenters. The molecule has 0 aliphatic rings. The highest BCUT2D eigenvalue weighted by Crippen LogP contribution is 2.16. The third-order valence-corrected chi connectivity index (χ3v) is 3.66. The number of anilines is 1. The Labute approximate surface area is 145 Å². The largest absolute Gasteiger partial charge is 0.326 e. The molecule has 0 heterocycles. The van der Waals surface area contributed by atoms with Crippen LogP contribution in [0.1, 0.15) is 22.8 Å². The van der Waals surface area contributed by atoms with E-state index in [1.54, 1.807) is 30.5 Å². The van der Waals surface area contributed by atoms with E-state index in [0.29, 0.717) is 11.3 Å². The van der Waals surface area contributed by atoms with Crippen molar-refractivity contribution >= 4 is 34.5 Å². The highest BCUT2D eigenvalue weighted by Gasteiger charge is 2.04. The third kappa shape index (κ3) is 4.09. The number of carbonyl (C=O) groups excluding carboxylic acids is 2. The van der Waals surface area contributed by atoms with E-state index in [1.807, 2.05) is 42.5 Å². The molecule has 2 amide bonds. The van der Waals surface area contributed by atoms with Crippen molar-refractivity contribution in [3.8, 4) is 0 Å². The molecule has 5 heteroatoms. The standard InChI is InChI=1S/C20H17N3O2/c1-14(24)22-18-11-9-16(10-12-18)20(25)23-21-13-17-7-4-6-15-5-2-3-8-19(15)17/h2-13H,1H3,(H,22,24)(H,23,25). The predicted molar refractivity (Wildman–Crippen MR) is 99.8 cm³/mol. The maximum atomic E-state index is 12.1. The Morgan fingerprint density at radius 1 is 0.920 bits per heavy atom. The zero-order chi connectivity index (χ0) is 17.6. The minimum absolute atomic E-state index is 0.156. The third-order valence-electron chi connectivity index (χ3n) is 3.66. The van der Waals surface area contributed by atoms with E-state index in [-0.39, 0.29) is 11.8 Å². The van der Waals surface area contributed by atoms with Gasteiger partial charge in [-0.3, -0.25) is 9.59 Å². The SMILES string of the molecule is CC(=O)Nc1ccc(C(=O)NN=Cc2cccc3ccccc23)cc1. The lowest BCUT2D eigenvalue weighted by molar-refractivity contribution is -0.114. The van der Waals surface area contributed by atoms with Crippen molar-refractivity contribution in [3.63, 3.8) is 0 Å². The van der Waals surface area contributed by atoms with E-state index >= 15 is 0 Å². The van der Waals surface area contributed by atoms with Crippen LogP contribution in [0.4, 0.5) is 5.69 Å². The van der Waals surface area contributed by atoms with Crippen molar-refractivity contribution < 1.29 is 9.59 Å². The van der Waals surface area contributed by atoms with Gasteiger partial charge in [-0.05, 0) is 35.0 Å². The van der Waals surface area contributed by atoms with Crippen molar-refractivity contribution in [2.24, 2.45) is 5.10 Å². The lowest BCUT2D eigenvalue weighted by Crippen LogP contribution is -2.17. The Kier molecular flexibility index (Phi) is 4.85. The number of hydrazone groups is 1. The molecule has 0 fully saturated rings. The number of fused-ring (bicyclic) bond motifs is 1. The predicted octanol–water partition coefficient (Wildman–Crippen LogP) is 3.56. The minimum atomic E-state index is -0.314. The molecule has 0 bridgehead atoms. The number of amides is 2. The number of nitrogens with one attached hydrogen (secondary N) is 2. The van der Waals surface area contributed by atoms with E-state index in [1.165, 1.54) is 6.92 Å². The van der Waals surface area contributed by atoms with Gasteiger partial charge in [0.05, 0.1) is 6.21 Å². The molecule has 0 aliphatic heterocycles. The fourth-order valence-electron chi connectivity index (χ4n) is 2.50.